The normalized spacial score (nSPS) is 11.3. The molecule has 1 heterocycles. The van der Waals surface area contributed by atoms with E-state index in [9.17, 15) is 8.42 Å². The molecule has 6 nitrogen and oxygen atoms in total. The van der Waals surface area contributed by atoms with E-state index in [-0.39, 0.29) is 4.90 Å². The summed E-state index contributed by atoms with van der Waals surface area (Å²) in [6, 6.07) is 22.1. The number of sulfone groups is 1. The minimum absolute atomic E-state index is 0.245. The van der Waals surface area contributed by atoms with Gasteiger partial charge in [-0.05, 0) is 29.8 Å². The molecule has 0 bridgehead atoms. The summed E-state index contributed by atoms with van der Waals surface area (Å²) in [5.74, 6) is 2.17. The Bertz CT molecular complexity index is 1330. The maximum absolute atomic E-state index is 11.9. The minimum atomic E-state index is -3.30. The molecule has 0 saturated heterocycles. The molecule has 0 aliphatic rings. The van der Waals surface area contributed by atoms with Gasteiger partial charge in [-0.1, -0.05) is 48.5 Å². The third kappa shape index (κ3) is 4.38. The van der Waals surface area contributed by atoms with Crippen LogP contribution in [0.4, 0.5) is 0 Å². The molecule has 0 fully saturated rings. The molecule has 7 heteroatoms. The smallest absolute Gasteiger partial charge is 0.199 e. The van der Waals surface area contributed by atoms with Gasteiger partial charge in [-0.3, -0.25) is 0 Å². The van der Waals surface area contributed by atoms with Crippen molar-refractivity contribution in [1.82, 2.24) is 4.98 Å². The number of rotatable bonds is 7. The van der Waals surface area contributed by atoms with E-state index in [1.54, 1.807) is 38.5 Å². The van der Waals surface area contributed by atoms with Crippen LogP contribution in [0.3, 0.4) is 0 Å². The monoisotopic (exact) mass is 449 g/mol. The summed E-state index contributed by atoms with van der Waals surface area (Å²) in [5, 5.41) is 0. The molecule has 32 heavy (non-hydrogen) atoms. The van der Waals surface area contributed by atoms with E-state index >= 15 is 0 Å². The van der Waals surface area contributed by atoms with Crippen molar-refractivity contribution in [2.45, 2.75) is 11.3 Å². The molecular weight excluding hydrogens is 426 g/mol. The van der Waals surface area contributed by atoms with E-state index < -0.39 is 9.84 Å². The maximum atomic E-state index is 11.9. The van der Waals surface area contributed by atoms with Crippen molar-refractivity contribution in [3.63, 3.8) is 0 Å². The molecule has 3 aromatic carbocycles. The number of nitrogens with zero attached hydrogens (tertiary/aromatic N) is 1. The first-order valence-corrected chi connectivity index (χ1v) is 11.9. The number of methoxy groups -OCH3 is 2. The molecule has 0 radical (unpaired) electrons. The molecule has 4 aromatic rings. The fourth-order valence-electron chi connectivity index (χ4n) is 3.51. The predicted molar refractivity (Wildman–Crippen MR) is 123 cm³/mol. The Morgan fingerprint density at radius 2 is 1.59 bits per heavy atom. The van der Waals surface area contributed by atoms with Gasteiger partial charge in [0.25, 0.3) is 0 Å². The lowest BCUT2D eigenvalue weighted by Crippen LogP contribution is -1.96. The lowest BCUT2D eigenvalue weighted by molar-refractivity contribution is 0.355. The zero-order valence-electron chi connectivity index (χ0n) is 18.0. The summed E-state index contributed by atoms with van der Waals surface area (Å²) in [6.45, 7) is 0. The van der Waals surface area contributed by atoms with E-state index in [0.29, 0.717) is 40.8 Å². The standard InChI is InChI=1S/C25H23NO5S/c1-29-21-11-7-10-20(24(21)30-2)25-23(18-12-14-19(15-13-18)32(3,27)28)26-22(31-25)16-17-8-5-4-6-9-17/h4-15H,16H2,1-3H3. The lowest BCUT2D eigenvalue weighted by atomic mass is 10.0. The lowest BCUT2D eigenvalue weighted by Gasteiger charge is -2.11. The van der Waals surface area contributed by atoms with Gasteiger partial charge in [0.05, 0.1) is 24.7 Å². The second kappa shape index (κ2) is 8.88. The Kier molecular flexibility index (Phi) is 6.01. The molecule has 0 saturated carbocycles. The summed E-state index contributed by atoms with van der Waals surface area (Å²) in [5.41, 5.74) is 3.10. The molecule has 1 aromatic heterocycles. The van der Waals surface area contributed by atoms with Gasteiger partial charge in [0.1, 0.15) is 5.69 Å². The van der Waals surface area contributed by atoms with Gasteiger partial charge in [0.2, 0.25) is 0 Å². The van der Waals surface area contributed by atoms with E-state index in [2.05, 4.69) is 0 Å². The second-order valence-electron chi connectivity index (χ2n) is 7.29. The van der Waals surface area contributed by atoms with Crippen LogP contribution in [0.15, 0.2) is 82.1 Å². The molecule has 0 aliphatic heterocycles. The highest BCUT2D eigenvalue weighted by atomic mass is 32.2. The van der Waals surface area contributed by atoms with Crippen molar-refractivity contribution < 1.29 is 22.3 Å². The molecule has 0 atom stereocenters. The van der Waals surface area contributed by atoms with Crippen LogP contribution in [-0.2, 0) is 16.3 Å². The Morgan fingerprint density at radius 1 is 0.875 bits per heavy atom. The van der Waals surface area contributed by atoms with Crippen molar-refractivity contribution in [1.29, 1.82) is 0 Å². The zero-order valence-corrected chi connectivity index (χ0v) is 18.8. The first-order valence-electron chi connectivity index (χ1n) is 9.96. The summed E-state index contributed by atoms with van der Waals surface area (Å²) in [6.07, 6.45) is 1.70. The highest BCUT2D eigenvalue weighted by Crippen LogP contribution is 2.42. The molecule has 0 unspecified atom stereocenters. The summed E-state index contributed by atoms with van der Waals surface area (Å²) in [7, 11) is -0.150. The molecule has 0 amide bonds. The first kappa shape index (κ1) is 21.6. The highest BCUT2D eigenvalue weighted by molar-refractivity contribution is 7.90. The Balaban J connectivity index is 1.87. The maximum Gasteiger partial charge on any atom is 0.199 e. The number of hydrogen-bond acceptors (Lipinski definition) is 6. The van der Waals surface area contributed by atoms with Crippen LogP contribution >= 0.6 is 0 Å². The van der Waals surface area contributed by atoms with E-state index in [1.807, 2.05) is 48.5 Å². The van der Waals surface area contributed by atoms with E-state index in [0.717, 1.165) is 11.1 Å². The fraction of sp³-hybridized carbons (Fsp3) is 0.160. The fourth-order valence-corrected chi connectivity index (χ4v) is 4.15. The molecular formula is C25H23NO5S. The van der Waals surface area contributed by atoms with Gasteiger partial charge >= 0.3 is 0 Å². The number of para-hydroxylation sites is 1. The largest absolute Gasteiger partial charge is 0.493 e. The van der Waals surface area contributed by atoms with Crippen molar-refractivity contribution in [2.75, 3.05) is 20.5 Å². The minimum Gasteiger partial charge on any atom is -0.493 e. The van der Waals surface area contributed by atoms with Crippen LogP contribution < -0.4 is 9.47 Å². The van der Waals surface area contributed by atoms with Gasteiger partial charge in [0, 0.05) is 18.2 Å². The number of oxazole rings is 1. The molecule has 0 N–H and O–H groups in total. The van der Waals surface area contributed by atoms with E-state index in [4.69, 9.17) is 18.9 Å². The SMILES string of the molecule is COc1cccc(-c2oc(Cc3ccccc3)nc2-c2ccc(S(C)(=O)=O)cc2)c1OC. The van der Waals surface area contributed by atoms with Crippen LogP contribution in [-0.4, -0.2) is 33.9 Å². The van der Waals surface area contributed by atoms with Crippen LogP contribution in [0.5, 0.6) is 11.5 Å². The Hall–Kier alpha value is -3.58. The average molecular weight is 450 g/mol. The third-order valence-corrected chi connectivity index (χ3v) is 6.20. The van der Waals surface area contributed by atoms with Gasteiger partial charge in [0.15, 0.2) is 33.0 Å². The van der Waals surface area contributed by atoms with Gasteiger partial charge in [-0.15, -0.1) is 0 Å². The van der Waals surface area contributed by atoms with Crippen molar-refractivity contribution in [3.8, 4) is 34.1 Å². The Labute approximate surface area is 187 Å². The van der Waals surface area contributed by atoms with Crippen LogP contribution in [0, 0.1) is 0 Å². The van der Waals surface area contributed by atoms with Crippen molar-refractivity contribution in [2.24, 2.45) is 0 Å². The van der Waals surface area contributed by atoms with Gasteiger partial charge in [-0.2, -0.15) is 0 Å². The first-order chi connectivity index (χ1) is 15.4. The summed E-state index contributed by atoms with van der Waals surface area (Å²) >= 11 is 0. The van der Waals surface area contributed by atoms with Crippen LogP contribution in [0.2, 0.25) is 0 Å². The summed E-state index contributed by atoms with van der Waals surface area (Å²) in [4.78, 5) is 5.01. The van der Waals surface area contributed by atoms with Gasteiger partial charge < -0.3 is 13.9 Å². The topological polar surface area (TPSA) is 78.6 Å². The predicted octanol–water partition coefficient (Wildman–Crippen LogP) is 5.02. The zero-order chi connectivity index (χ0) is 22.7. The second-order valence-corrected chi connectivity index (χ2v) is 9.30. The Morgan fingerprint density at radius 3 is 2.22 bits per heavy atom. The molecule has 4 rings (SSSR count). The van der Waals surface area contributed by atoms with Crippen molar-refractivity contribution >= 4 is 9.84 Å². The average Bonchev–Trinajstić information content (AvgIpc) is 3.22. The van der Waals surface area contributed by atoms with Crippen LogP contribution in [0.1, 0.15) is 11.5 Å². The quantitative estimate of drug-likeness (QED) is 0.394. The molecule has 0 aliphatic carbocycles. The van der Waals surface area contributed by atoms with Gasteiger partial charge in [-0.25, -0.2) is 13.4 Å². The summed E-state index contributed by atoms with van der Waals surface area (Å²) < 4.78 is 41.0. The number of benzene rings is 3. The number of ether oxygens (including phenoxy) is 2. The third-order valence-electron chi connectivity index (χ3n) is 5.07. The van der Waals surface area contributed by atoms with Crippen LogP contribution in [0.25, 0.3) is 22.6 Å². The van der Waals surface area contributed by atoms with E-state index in [1.165, 1.54) is 6.26 Å². The van der Waals surface area contributed by atoms with Crippen molar-refractivity contribution in [3.05, 3.63) is 84.3 Å². The number of hydrogen-bond donors (Lipinski definition) is 0. The highest BCUT2D eigenvalue weighted by Gasteiger charge is 2.22. The molecule has 0 spiro atoms. The molecule has 164 valence electrons. The number of aromatic nitrogens is 1.